The van der Waals surface area contributed by atoms with Crippen LogP contribution in [0.1, 0.15) is 48.3 Å². The van der Waals surface area contributed by atoms with E-state index in [0.29, 0.717) is 34.9 Å². The van der Waals surface area contributed by atoms with Crippen molar-refractivity contribution in [1.82, 2.24) is 29.9 Å². The maximum atomic E-state index is 6.54. The maximum Gasteiger partial charge on any atom is 0.167 e. The molecule has 2 aliphatic rings. The molecule has 0 saturated heterocycles. The quantitative estimate of drug-likeness (QED) is 0.164. The number of benzene rings is 6. The summed E-state index contributed by atoms with van der Waals surface area (Å²) in [7, 11) is 0. The molecule has 0 bridgehead atoms. The molecule has 0 unspecified atom stereocenters. The first-order chi connectivity index (χ1) is 29.4. The number of nitrogens with zero attached hydrogens (tertiary/aromatic N) is 6. The molecular weight excluding hydrogens is 757 g/mol. The molecule has 7 nitrogen and oxygen atoms in total. The number of fused-ring (bicyclic) bond motifs is 5. The minimum Gasteiger partial charge on any atom is -0.460 e. The third-order valence-corrected chi connectivity index (χ3v) is 12.9. The zero-order valence-corrected chi connectivity index (χ0v) is 34.2. The van der Waals surface area contributed by atoms with Crippen LogP contribution in [0.15, 0.2) is 160 Å². The van der Waals surface area contributed by atoms with Crippen LogP contribution in [0.2, 0.25) is 0 Å². The molecule has 8 heteroatoms. The molecule has 1 aliphatic heterocycles. The van der Waals surface area contributed by atoms with E-state index in [4.69, 9.17) is 34.3 Å². The summed E-state index contributed by atoms with van der Waals surface area (Å²) in [5, 5.41) is 1.06. The summed E-state index contributed by atoms with van der Waals surface area (Å²) in [6, 6.07) is 47.8. The van der Waals surface area contributed by atoms with Crippen LogP contribution in [0.3, 0.4) is 0 Å². The second kappa shape index (κ2) is 14.4. The average molecular weight is 795 g/mol. The fraction of sp³-hybridized carbons (Fsp3) is 0.115. The van der Waals surface area contributed by atoms with E-state index in [1.54, 1.807) is 11.8 Å². The van der Waals surface area contributed by atoms with Crippen molar-refractivity contribution in [2.45, 2.75) is 48.8 Å². The number of hydrogen-bond donors (Lipinski definition) is 0. The Morgan fingerprint density at radius 3 is 1.77 bits per heavy atom. The summed E-state index contributed by atoms with van der Waals surface area (Å²) in [4.78, 5) is 33.3. The Bertz CT molecular complexity index is 3170. The molecule has 1 aliphatic carbocycles. The zero-order valence-electron chi connectivity index (χ0n) is 33.3. The van der Waals surface area contributed by atoms with E-state index in [-0.39, 0.29) is 5.41 Å². The SMILES string of the molecule is Cc1c(-c2nc(-c3ccccc3)nc(-c3ccc4c(c3)Sc3ccccc3C4(C)C)n2)cccc1-c1nc(-c2ccccc2)nc(-c2cccc3c4c(oc23)CCC=C4)n1. The van der Waals surface area contributed by atoms with Crippen molar-refractivity contribution >= 4 is 28.8 Å². The minimum atomic E-state index is -0.136. The number of aromatic nitrogens is 6. The third kappa shape index (κ3) is 6.14. The molecule has 0 fully saturated rings. The van der Waals surface area contributed by atoms with Gasteiger partial charge in [0.1, 0.15) is 11.3 Å². The Morgan fingerprint density at radius 2 is 1.07 bits per heavy atom. The second-order valence-electron chi connectivity index (χ2n) is 15.8. The maximum absolute atomic E-state index is 6.54. The largest absolute Gasteiger partial charge is 0.460 e. The number of allylic oxidation sites excluding steroid dienone is 1. The van der Waals surface area contributed by atoms with Crippen molar-refractivity contribution in [1.29, 1.82) is 0 Å². The lowest BCUT2D eigenvalue weighted by Crippen LogP contribution is -2.23. The van der Waals surface area contributed by atoms with Crippen LogP contribution < -0.4 is 0 Å². The molecule has 60 heavy (non-hydrogen) atoms. The first-order valence-electron chi connectivity index (χ1n) is 20.3. The van der Waals surface area contributed by atoms with Gasteiger partial charge in [0, 0.05) is 60.4 Å². The van der Waals surface area contributed by atoms with Crippen LogP contribution >= 0.6 is 11.8 Å². The lowest BCUT2D eigenvalue weighted by molar-refractivity contribution is 0.547. The van der Waals surface area contributed by atoms with E-state index >= 15 is 0 Å². The Labute approximate surface area is 352 Å². The number of furan rings is 1. The zero-order chi connectivity index (χ0) is 40.4. The van der Waals surface area contributed by atoms with Gasteiger partial charge in [-0.1, -0.05) is 159 Å². The predicted octanol–water partition coefficient (Wildman–Crippen LogP) is 12.9. The summed E-state index contributed by atoms with van der Waals surface area (Å²) in [5.41, 5.74) is 10.7. The summed E-state index contributed by atoms with van der Waals surface area (Å²) >= 11 is 1.80. The van der Waals surface area contributed by atoms with E-state index in [1.807, 2.05) is 72.8 Å². The Kier molecular flexibility index (Phi) is 8.63. The second-order valence-corrected chi connectivity index (χ2v) is 16.9. The standard InChI is InChI=1S/C52H38N6OS/c1-31-35(49-54-46(32-16-6-4-7-17-32)53-48(57-49)34-28-29-41-44(30-34)60-43-27-13-11-25-40(43)52(41,2)3)21-14-22-36(31)50-55-47(33-18-8-5-9-19-33)56-51(58-50)39-24-15-23-38-37-20-10-12-26-42(37)59-45(38)39/h4-11,13-25,27-30H,12,26H2,1-3H3. The van der Waals surface area contributed by atoms with Crippen LogP contribution in [0.4, 0.5) is 0 Å². The molecule has 288 valence electrons. The van der Waals surface area contributed by atoms with E-state index in [9.17, 15) is 0 Å². The van der Waals surface area contributed by atoms with Crippen molar-refractivity contribution in [3.05, 3.63) is 174 Å². The molecule has 0 amide bonds. The van der Waals surface area contributed by atoms with Gasteiger partial charge in [-0.25, -0.2) is 29.9 Å². The Morgan fingerprint density at radius 1 is 0.517 bits per heavy atom. The van der Waals surface area contributed by atoms with Gasteiger partial charge >= 0.3 is 0 Å². The summed E-state index contributed by atoms with van der Waals surface area (Å²) < 4.78 is 6.54. The normalized spacial score (nSPS) is 13.8. The molecule has 0 radical (unpaired) electrons. The van der Waals surface area contributed by atoms with Crippen molar-refractivity contribution in [2.24, 2.45) is 0 Å². The monoisotopic (exact) mass is 794 g/mol. The average Bonchev–Trinajstić information content (AvgIpc) is 3.68. The highest BCUT2D eigenvalue weighted by molar-refractivity contribution is 7.99. The Balaban J connectivity index is 1.06. The molecule has 6 aromatic carbocycles. The van der Waals surface area contributed by atoms with Gasteiger partial charge in [0.25, 0.3) is 0 Å². The summed E-state index contributed by atoms with van der Waals surface area (Å²) in [6.45, 7) is 6.69. The van der Waals surface area contributed by atoms with E-state index in [0.717, 1.165) is 74.1 Å². The van der Waals surface area contributed by atoms with Gasteiger partial charge in [-0.3, -0.25) is 0 Å². The van der Waals surface area contributed by atoms with Crippen molar-refractivity contribution in [3.8, 4) is 68.3 Å². The lowest BCUT2D eigenvalue weighted by Gasteiger charge is -2.34. The van der Waals surface area contributed by atoms with Gasteiger partial charge < -0.3 is 4.42 Å². The van der Waals surface area contributed by atoms with E-state index in [1.165, 1.54) is 20.9 Å². The molecule has 4 heterocycles. The van der Waals surface area contributed by atoms with Gasteiger partial charge in [0.05, 0.1) is 5.56 Å². The number of rotatable bonds is 6. The molecule has 0 saturated carbocycles. The van der Waals surface area contributed by atoms with Crippen molar-refractivity contribution < 1.29 is 4.42 Å². The van der Waals surface area contributed by atoms with E-state index < -0.39 is 0 Å². The first-order valence-corrected chi connectivity index (χ1v) is 21.1. The molecule has 9 aromatic rings. The van der Waals surface area contributed by atoms with Gasteiger partial charge in [-0.05, 0) is 48.2 Å². The first kappa shape index (κ1) is 36.1. The van der Waals surface area contributed by atoms with Gasteiger partial charge in [0.15, 0.2) is 34.9 Å². The van der Waals surface area contributed by atoms with Crippen LogP contribution in [-0.2, 0) is 11.8 Å². The van der Waals surface area contributed by atoms with Crippen molar-refractivity contribution in [3.63, 3.8) is 0 Å². The van der Waals surface area contributed by atoms with Gasteiger partial charge in [-0.2, -0.15) is 0 Å². The molecule has 0 N–H and O–H groups in total. The highest BCUT2D eigenvalue weighted by Crippen LogP contribution is 2.50. The fourth-order valence-electron chi connectivity index (χ4n) is 8.54. The number of aryl methyl sites for hydroxylation is 1. The highest BCUT2D eigenvalue weighted by Gasteiger charge is 2.33. The molecule has 3 aromatic heterocycles. The van der Waals surface area contributed by atoms with E-state index in [2.05, 4.69) is 99.7 Å². The summed E-state index contributed by atoms with van der Waals surface area (Å²) in [5.74, 6) is 4.48. The molecule has 0 spiro atoms. The highest BCUT2D eigenvalue weighted by atomic mass is 32.2. The van der Waals surface area contributed by atoms with Gasteiger partial charge in [-0.15, -0.1) is 0 Å². The molecule has 0 atom stereocenters. The third-order valence-electron chi connectivity index (χ3n) is 11.7. The summed E-state index contributed by atoms with van der Waals surface area (Å²) in [6.07, 6.45) is 6.20. The van der Waals surface area contributed by atoms with Gasteiger partial charge in [0.2, 0.25) is 0 Å². The predicted molar refractivity (Wildman–Crippen MR) is 240 cm³/mol. The number of para-hydroxylation sites is 1. The minimum absolute atomic E-state index is 0.136. The van der Waals surface area contributed by atoms with Crippen LogP contribution in [0, 0.1) is 6.92 Å². The van der Waals surface area contributed by atoms with Crippen molar-refractivity contribution in [2.75, 3.05) is 0 Å². The Hall–Kier alpha value is -7.03. The molecular formula is C52H38N6OS. The lowest BCUT2D eigenvalue weighted by atomic mass is 9.77. The van der Waals surface area contributed by atoms with Crippen LogP contribution in [0.5, 0.6) is 0 Å². The fourth-order valence-corrected chi connectivity index (χ4v) is 9.98. The topological polar surface area (TPSA) is 90.5 Å². The number of hydrogen-bond acceptors (Lipinski definition) is 8. The smallest absolute Gasteiger partial charge is 0.167 e. The van der Waals surface area contributed by atoms with Crippen LogP contribution in [-0.4, -0.2) is 29.9 Å². The van der Waals surface area contributed by atoms with Crippen LogP contribution in [0.25, 0.3) is 85.4 Å². The molecule has 11 rings (SSSR count).